The van der Waals surface area contributed by atoms with Crippen molar-refractivity contribution in [3.8, 4) is 17.1 Å². The quantitative estimate of drug-likeness (QED) is 0.614. The lowest BCUT2D eigenvalue weighted by molar-refractivity contribution is -0.148. The number of aromatic nitrogens is 2. The van der Waals surface area contributed by atoms with E-state index < -0.39 is 29.3 Å². The number of thiophene rings is 1. The molecule has 0 bridgehead atoms. The average molecular weight is 456 g/mol. The summed E-state index contributed by atoms with van der Waals surface area (Å²) in [6.45, 7) is 6.87. The molecule has 4 heterocycles. The Kier molecular flexibility index (Phi) is 5.54. The third kappa shape index (κ3) is 4.25. The molecule has 9 heteroatoms. The third-order valence-corrected chi connectivity index (χ3v) is 6.20. The zero-order chi connectivity index (χ0) is 23.1. The van der Waals surface area contributed by atoms with Crippen LogP contribution in [0.2, 0.25) is 0 Å². The number of nitrogens with zero attached hydrogens (tertiary/aromatic N) is 3. The molecule has 1 aliphatic heterocycles. The molecule has 4 rings (SSSR count). The highest BCUT2D eigenvalue weighted by Gasteiger charge is 2.52. The summed E-state index contributed by atoms with van der Waals surface area (Å²) >= 11 is 1.49. The summed E-state index contributed by atoms with van der Waals surface area (Å²) in [4.78, 5) is 35.1. The van der Waals surface area contributed by atoms with Gasteiger partial charge >= 0.3 is 12.1 Å². The Bertz CT molecular complexity index is 1160. The van der Waals surface area contributed by atoms with Gasteiger partial charge in [0.1, 0.15) is 23.0 Å². The molecule has 1 N–H and O–H groups in total. The second kappa shape index (κ2) is 8.05. The van der Waals surface area contributed by atoms with Gasteiger partial charge in [-0.2, -0.15) is 0 Å². The number of aliphatic carboxylic acids is 1. The Hall–Kier alpha value is -3.20. The molecule has 8 nitrogen and oxygen atoms in total. The molecule has 0 aliphatic carbocycles. The third-order valence-electron chi connectivity index (χ3n) is 5.28. The summed E-state index contributed by atoms with van der Waals surface area (Å²) in [6, 6.07) is 9.31. The van der Waals surface area contributed by atoms with Gasteiger partial charge in [-0.25, -0.2) is 14.6 Å². The molecule has 168 valence electrons. The van der Waals surface area contributed by atoms with Crippen LogP contribution in [0, 0.1) is 0 Å². The van der Waals surface area contributed by atoms with Gasteiger partial charge in [-0.3, -0.25) is 9.88 Å². The molecular formula is C23H25N3O5S. The zero-order valence-corrected chi connectivity index (χ0v) is 19.2. The van der Waals surface area contributed by atoms with Crippen LogP contribution < -0.4 is 4.74 Å². The molecule has 1 fully saturated rings. The number of hydrogen-bond acceptors (Lipinski definition) is 7. The number of likely N-dealkylation sites (tertiary alicyclic amines) is 1. The van der Waals surface area contributed by atoms with E-state index in [4.69, 9.17) is 9.47 Å². The van der Waals surface area contributed by atoms with Crippen LogP contribution in [-0.4, -0.2) is 55.8 Å². The van der Waals surface area contributed by atoms with Crippen LogP contribution in [0.25, 0.3) is 21.6 Å². The molecule has 1 amide bonds. The van der Waals surface area contributed by atoms with Crippen molar-refractivity contribution >= 4 is 33.6 Å². The number of carbonyl (C=O) groups excluding carboxylic acids is 1. The first-order valence-corrected chi connectivity index (χ1v) is 11.1. The average Bonchev–Trinajstić information content (AvgIpc) is 3.32. The lowest BCUT2D eigenvalue weighted by Gasteiger charge is -2.32. The first-order chi connectivity index (χ1) is 15.1. The minimum atomic E-state index is -1.43. The van der Waals surface area contributed by atoms with Crippen molar-refractivity contribution in [3.63, 3.8) is 0 Å². The number of hydrogen-bond donors (Lipinski definition) is 1. The Morgan fingerprint density at radius 2 is 2.03 bits per heavy atom. The minimum Gasteiger partial charge on any atom is -0.487 e. The summed E-state index contributed by atoms with van der Waals surface area (Å²) in [5.74, 6) is -0.505. The Morgan fingerprint density at radius 3 is 2.69 bits per heavy atom. The van der Waals surface area contributed by atoms with E-state index in [9.17, 15) is 14.7 Å². The fourth-order valence-corrected chi connectivity index (χ4v) is 4.53. The first kappa shape index (κ1) is 22.0. The number of ether oxygens (including phenoxy) is 2. The number of pyridine rings is 2. The van der Waals surface area contributed by atoms with Gasteiger partial charge in [0.15, 0.2) is 0 Å². The topological polar surface area (TPSA) is 102 Å². The normalized spacial score (nSPS) is 21.0. The van der Waals surface area contributed by atoms with Crippen LogP contribution in [0.3, 0.4) is 0 Å². The molecule has 0 unspecified atom stereocenters. The number of carbonyl (C=O) groups is 2. The van der Waals surface area contributed by atoms with Gasteiger partial charge in [0.2, 0.25) is 0 Å². The monoisotopic (exact) mass is 455 g/mol. The minimum absolute atomic E-state index is 0.103. The summed E-state index contributed by atoms with van der Waals surface area (Å²) in [5.41, 5.74) is -0.0205. The van der Waals surface area contributed by atoms with Crippen LogP contribution >= 0.6 is 11.3 Å². The number of fused-ring (bicyclic) bond motifs is 1. The molecule has 3 aromatic rings. The first-order valence-electron chi connectivity index (χ1n) is 10.3. The van der Waals surface area contributed by atoms with Gasteiger partial charge in [-0.05, 0) is 51.3 Å². The number of rotatable bonds is 4. The van der Waals surface area contributed by atoms with E-state index >= 15 is 0 Å². The molecule has 32 heavy (non-hydrogen) atoms. The lowest BCUT2D eigenvalue weighted by Crippen LogP contribution is -2.52. The van der Waals surface area contributed by atoms with Crippen molar-refractivity contribution in [2.75, 3.05) is 6.54 Å². The van der Waals surface area contributed by atoms with Gasteiger partial charge in [0, 0.05) is 18.7 Å². The van der Waals surface area contributed by atoms with E-state index in [-0.39, 0.29) is 13.0 Å². The summed E-state index contributed by atoms with van der Waals surface area (Å²) < 4.78 is 12.6. The van der Waals surface area contributed by atoms with Crippen LogP contribution in [0.15, 0.2) is 41.9 Å². The highest BCUT2D eigenvalue weighted by Crippen LogP contribution is 2.38. The molecule has 1 saturated heterocycles. The molecule has 0 radical (unpaired) electrons. The second-order valence-corrected chi connectivity index (χ2v) is 9.89. The van der Waals surface area contributed by atoms with E-state index in [1.54, 1.807) is 27.0 Å². The smallest absolute Gasteiger partial charge is 0.411 e. The van der Waals surface area contributed by atoms with E-state index in [2.05, 4.69) is 9.97 Å². The number of carboxylic acids is 1. The van der Waals surface area contributed by atoms with Crippen molar-refractivity contribution in [1.82, 2.24) is 14.9 Å². The van der Waals surface area contributed by atoms with Crippen molar-refractivity contribution in [3.05, 3.63) is 41.9 Å². The fourth-order valence-electron chi connectivity index (χ4n) is 3.74. The maximum atomic E-state index is 12.8. The molecule has 1 aliphatic rings. The fraction of sp³-hybridized carbons (Fsp3) is 0.391. The molecule has 0 aromatic carbocycles. The van der Waals surface area contributed by atoms with Crippen molar-refractivity contribution < 1.29 is 24.2 Å². The van der Waals surface area contributed by atoms with Crippen LogP contribution in [-0.2, 0) is 9.53 Å². The van der Waals surface area contributed by atoms with E-state index in [1.165, 1.54) is 23.2 Å². The summed E-state index contributed by atoms with van der Waals surface area (Å²) in [6.07, 6.45) is 0.644. The SMILES string of the molecule is CC(C)(C)OC(=O)N1C[C@H](Oc2cc(-c3ccccn3)nc3ccsc23)C[C@@]1(C)C(=O)O. The van der Waals surface area contributed by atoms with Crippen LogP contribution in [0.1, 0.15) is 34.1 Å². The van der Waals surface area contributed by atoms with Gasteiger partial charge in [0.25, 0.3) is 0 Å². The van der Waals surface area contributed by atoms with Crippen molar-refractivity contribution in [1.29, 1.82) is 0 Å². The van der Waals surface area contributed by atoms with Gasteiger partial charge < -0.3 is 14.6 Å². The number of amides is 1. The summed E-state index contributed by atoms with van der Waals surface area (Å²) in [5, 5.41) is 11.8. The summed E-state index contributed by atoms with van der Waals surface area (Å²) in [7, 11) is 0. The number of carboxylic acid groups (broad SMARTS) is 1. The van der Waals surface area contributed by atoms with Gasteiger partial charge in [-0.1, -0.05) is 6.07 Å². The standard InChI is InChI=1S/C23H25N3O5S/c1-22(2,3)31-21(29)26-13-14(12-23(26,4)20(27)28)30-18-11-17(15-7-5-6-9-24-15)25-16-8-10-32-19(16)18/h5-11,14H,12-13H2,1-4H3,(H,27,28)/t14-,23+/m1/s1. The zero-order valence-electron chi connectivity index (χ0n) is 18.4. The molecule has 0 saturated carbocycles. The Balaban J connectivity index is 1.65. The molecule has 2 atom stereocenters. The Morgan fingerprint density at radius 1 is 1.25 bits per heavy atom. The van der Waals surface area contributed by atoms with E-state index in [0.717, 1.165) is 10.2 Å². The van der Waals surface area contributed by atoms with Crippen LogP contribution in [0.5, 0.6) is 5.75 Å². The molecule has 0 spiro atoms. The van der Waals surface area contributed by atoms with Gasteiger partial charge in [-0.15, -0.1) is 11.3 Å². The van der Waals surface area contributed by atoms with E-state index in [0.29, 0.717) is 17.1 Å². The van der Waals surface area contributed by atoms with E-state index in [1.807, 2.05) is 35.7 Å². The predicted octanol–water partition coefficient (Wildman–Crippen LogP) is 4.59. The molecule has 3 aromatic heterocycles. The Labute approximate surface area is 189 Å². The maximum absolute atomic E-state index is 12.8. The van der Waals surface area contributed by atoms with Crippen molar-refractivity contribution in [2.24, 2.45) is 0 Å². The molecular weight excluding hydrogens is 430 g/mol. The maximum Gasteiger partial charge on any atom is 0.411 e. The second-order valence-electron chi connectivity index (χ2n) is 8.97. The lowest BCUT2D eigenvalue weighted by atomic mass is 9.98. The predicted molar refractivity (Wildman–Crippen MR) is 121 cm³/mol. The highest BCUT2D eigenvalue weighted by molar-refractivity contribution is 7.17. The van der Waals surface area contributed by atoms with Crippen LogP contribution in [0.4, 0.5) is 4.79 Å². The van der Waals surface area contributed by atoms with Gasteiger partial charge in [0.05, 0.1) is 28.1 Å². The highest BCUT2D eigenvalue weighted by atomic mass is 32.1. The van der Waals surface area contributed by atoms with Crippen molar-refractivity contribution in [2.45, 2.75) is 51.4 Å². The largest absolute Gasteiger partial charge is 0.487 e.